The molecule has 0 fully saturated rings. The predicted octanol–water partition coefficient (Wildman–Crippen LogP) is 2.70. The average molecular weight is 279 g/mol. The van der Waals surface area contributed by atoms with E-state index in [0.717, 1.165) is 22.6 Å². The maximum Gasteiger partial charge on any atom is 0.125 e. The summed E-state index contributed by atoms with van der Waals surface area (Å²) in [6, 6.07) is 6.47. The molecule has 6 heteroatoms. The van der Waals surface area contributed by atoms with Gasteiger partial charge in [-0.2, -0.15) is 5.10 Å². The Labute approximate surface area is 114 Å². The molecular formula is C13H12ClFN4. The topological polar surface area (TPSA) is 35.6 Å². The summed E-state index contributed by atoms with van der Waals surface area (Å²) in [6.07, 6.45) is 1.73. The quantitative estimate of drug-likeness (QED) is 0.691. The van der Waals surface area contributed by atoms with E-state index in [4.69, 9.17) is 11.6 Å². The van der Waals surface area contributed by atoms with E-state index in [1.807, 2.05) is 17.7 Å². The first-order chi connectivity index (χ1) is 9.19. The molecule has 0 saturated carbocycles. The minimum Gasteiger partial charge on any atom is -0.321 e. The first-order valence-corrected chi connectivity index (χ1v) is 6.40. The summed E-state index contributed by atoms with van der Waals surface area (Å²) in [7, 11) is 1.87. The molecule has 2 aromatic heterocycles. The molecule has 2 heterocycles. The minimum atomic E-state index is -0.278. The van der Waals surface area contributed by atoms with Crippen LogP contribution in [0.15, 0.2) is 30.5 Å². The molecule has 0 unspecified atom stereocenters. The lowest BCUT2D eigenvalue weighted by Crippen LogP contribution is -2.08. The molecule has 0 aliphatic carbocycles. The van der Waals surface area contributed by atoms with Crippen molar-refractivity contribution in [3.05, 3.63) is 47.8 Å². The minimum absolute atomic E-state index is 0.278. The van der Waals surface area contributed by atoms with Crippen molar-refractivity contribution in [2.24, 2.45) is 7.05 Å². The van der Waals surface area contributed by atoms with E-state index < -0.39 is 0 Å². The Balaban J connectivity index is 2.15. The first-order valence-electron chi connectivity index (χ1n) is 5.86. The Bertz CT molecular complexity index is 731. The molecule has 0 radical (unpaired) electrons. The summed E-state index contributed by atoms with van der Waals surface area (Å²) in [5.74, 6) is 0.733. The van der Waals surface area contributed by atoms with Gasteiger partial charge in [0.15, 0.2) is 0 Å². The van der Waals surface area contributed by atoms with Crippen LogP contribution in [0.3, 0.4) is 0 Å². The van der Waals surface area contributed by atoms with Crippen molar-refractivity contribution in [1.82, 2.24) is 19.3 Å². The number of hydrogen-bond donors (Lipinski definition) is 0. The Morgan fingerprint density at radius 3 is 2.84 bits per heavy atom. The van der Waals surface area contributed by atoms with Crippen LogP contribution in [0.4, 0.5) is 4.39 Å². The van der Waals surface area contributed by atoms with Crippen LogP contribution in [0.5, 0.6) is 0 Å². The van der Waals surface area contributed by atoms with Crippen molar-refractivity contribution in [1.29, 1.82) is 0 Å². The molecule has 0 bridgehead atoms. The summed E-state index contributed by atoms with van der Waals surface area (Å²) >= 11 is 5.92. The van der Waals surface area contributed by atoms with Crippen LogP contribution < -0.4 is 0 Å². The molecule has 0 saturated heterocycles. The van der Waals surface area contributed by atoms with E-state index in [-0.39, 0.29) is 11.7 Å². The summed E-state index contributed by atoms with van der Waals surface area (Å²) in [5, 5.41) is 4.13. The molecule has 4 nitrogen and oxygen atoms in total. The number of rotatable bonds is 3. The van der Waals surface area contributed by atoms with Crippen molar-refractivity contribution in [2.45, 2.75) is 12.4 Å². The number of hydrogen-bond acceptors (Lipinski definition) is 2. The number of imidazole rings is 1. The van der Waals surface area contributed by atoms with Gasteiger partial charge in [-0.05, 0) is 24.3 Å². The van der Waals surface area contributed by atoms with Gasteiger partial charge >= 0.3 is 0 Å². The molecular weight excluding hydrogens is 267 g/mol. The number of fused-ring (bicyclic) bond motifs is 1. The van der Waals surface area contributed by atoms with Crippen molar-refractivity contribution < 1.29 is 4.39 Å². The van der Waals surface area contributed by atoms with Gasteiger partial charge in [0, 0.05) is 13.2 Å². The Kier molecular flexibility index (Phi) is 2.98. The highest BCUT2D eigenvalue weighted by atomic mass is 35.5. The van der Waals surface area contributed by atoms with E-state index in [2.05, 4.69) is 10.1 Å². The zero-order valence-corrected chi connectivity index (χ0v) is 11.1. The van der Waals surface area contributed by atoms with Gasteiger partial charge in [0.2, 0.25) is 0 Å². The second-order valence-corrected chi connectivity index (χ2v) is 4.59. The molecule has 0 atom stereocenters. The molecule has 0 spiro atoms. The molecule has 3 rings (SSSR count). The number of aromatic nitrogens is 4. The third kappa shape index (κ3) is 2.10. The van der Waals surface area contributed by atoms with Gasteiger partial charge in [-0.25, -0.2) is 9.37 Å². The van der Waals surface area contributed by atoms with E-state index in [9.17, 15) is 4.39 Å². The van der Waals surface area contributed by atoms with Crippen LogP contribution in [0.25, 0.3) is 11.0 Å². The second kappa shape index (κ2) is 4.66. The largest absolute Gasteiger partial charge is 0.321 e. The Hall–Kier alpha value is -1.88. The van der Waals surface area contributed by atoms with Gasteiger partial charge in [0.1, 0.15) is 11.6 Å². The van der Waals surface area contributed by atoms with Crippen molar-refractivity contribution in [3.63, 3.8) is 0 Å². The maximum atomic E-state index is 13.4. The van der Waals surface area contributed by atoms with Gasteiger partial charge in [0.05, 0.1) is 29.2 Å². The molecule has 1 aromatic carbocycles. The standard InChI is InChI=1S/C13H12ClFN4/c1-18-10(4-5-16-18)8-19-12-6-9(15)2-3-11(12)17-13(19)7-14/h2-6H,7-8H2,1H3. The highest BCUT2D eigenvalue weighted by Gasteiger charge is 2.12. The molecule has 98 valence electrons. The van der Waals surface area contributed by atoms with Crippen molar-refractivity contribution in [3.8, 4) is 0 Å². The van der Waals surface area contributed by atoms with E-state index in [1.54, 1.807) is 16.9 Å². The number of nitrogens with zero attached hydrogens (tertiary/aromatic N) is 4. The fourth-order valence-electron chi connectivity index (χ4n) is 2.14. The lowest BCUT2D eigenvalue weighted by atomic mass is 10.3. The Morgan fingerprint density at radius 2 is 2.16 bits per heavy atom. The molecule has 0 N–H and O–H groups in total. The predicted molar refractivity (Wildman–Crippen MR) is 71.6 cm³/mol. The summed E-state index contributed by atoms with van der Waals surface area (Å²) in [4.78, 5) is 4.42. The summed E-state index contributed by atoms with van der Waals surface area (Å²) in [5.41, 5.74) is 2.51. The first kappa shape index (κ1) is 12.2. The highest BCUT2D eigenvalue weighted by Crippen LogP contribution is 2.20. The normalized spacial score (nSPS) is 11.3. The van der Waals surface area contributed by atoms with Gasteiger partial charge in [-0.15, -0.1) is 11.6 Å². The van der Waals surface area contributed by atoms with Gasteiger partial charge in [0.25, 0.3) is 0 Å². The number of benzene rings is 1. The van der Waals surface area contributed by atoms with Crippen LogP contribution in [-0.2, 0) is 19.5 Å². The van der Waals surface area contributed by atoms with Crippen molar-refractivity contribution >= 4 is 22.6 Å². The number of halogens is 2. The molecule has 0 amide bonds. The smallest absolute Gasteiger partial charge is 0.125 e. The van der Waals surface area contributed by atoms with E-state index >= 15 is 0 Å². The number of alkyl halides is 1. The maximum absolute atomic E-state index is 13.4. The van der Waals surface area contributed by atoms with Crippen LogP contribution in [0.2, 0.25) is 0 Å². The Morgan fingerprint density at radius 1 is 1.32 bits per heavy atom. The fourth-order valence-corrected chi connectivity index (χ4v) is 2.35. The van der Waals surface area contributed by atoms with Gasteiger partial charge < -0.3 is 4.57 Å². The molecule has 0 aliphatic rings. The highest BCUT2D eigenvalue weighted by molar-refractivity contribution is 6.16. The lowest BCUT2D eigenvalue weighted by Gasteiger charge is -2.08. The third-order valence-corrected chi connectivity index (χ3v) is 3.39. The summed E-state index contributed by atoms with van der Waals surface area (Å²) in [6.45, 7) is 0.568. The van der Waals surface area contributed by atoms with E-state index in [0.29, 0.717) is 6.54 Å². The monoisotopic (exact) mass is 278 g/mol. The lowest BCUT2D eigenvalue weighted by molar-refractivity contribution is 0.626. The zero-order chi connectivity index (χ0) is 13.4. The zero-order valence-electron chi connectivity index (χ0n) is 10.3. The van der Waals surface area contributed by atoms with Gasteiger partial charge in [-0.3, -0.25) is 4.68 Å². The molecule has 0 aliphatic heterocycles. The SMILES string of the molecule is Cn1nccc1Cn1c(CCl)nc2ccc(F)cc21. The third-order valence-electron chi connectivity index (χ3n) is 3.15. The van der Waals surface area contributed by atoms with E-state index in [1.165, 1.54) is 12.1 Å². The fraction of sp³-hybridized carbons (Fsp3) is 0.231. The van der Waals surface area contributed by atoms with Gasteiger partial charge in [-0.1, -0.05) is 0 Å². The van der Waals surface area contributed by atoms with Crippen LogP contribution in [0, 0.1) is 5.82 Å². The summed E-state index contributed by atoms with van der Waals surface area (Å²) < 4.78 is 17.1. The van der Waals surface area contributed by atoms with Crippen LogP contribution in [0.1, 0.15) is 11.5 Å². The second-order valence-electron chi connectivity index (χ2n) is 4.33. The van der Waals surface area contributed by atoms with Crippen LogP contribution in [-0.4, -0.2) is 19.3 Å². The average Bonchev–Trinajstić information content (AvgIpc) is 2.95. The number of aryl methyl sites for hydroxylation is 1. The molecule has 3 aromatic rings. The molecule has 19 heavy (non-hydrogen) atoms. The van der Waals surface area contributed by atoms with Crippen LogP contribution >= 0.6 is 11.6 Å². The van der Waals surface area contributed by atoms with Crippen molar-refractivity contribution in [2.75, 3.05) is 0 Å².